The van der Waals surface area contributed by atoms with E-state index in [1.54, 1.807) is 6.92 Å². The largest absolute Gasteiger partial charge is 0.479 e. The van der Waals surface area contributed by atoms with Crippen LogP contribution in [0.25, 0.3) is 0 Å². The van der Waals surface area contributed by atoms with Gasteiger partial charge in [0.1, 0.15) is 0 Å². The maximum atomic E-state index is 10.4. The van der Waals surface area contributed by atoms with Crippen LogP contribution in [-0.4, -0.2) is 22.3 Å². The molecule has 0 aliphatic rings. The number of unbranched alkanes of at least 4 members (excludes halogenated alkanes) is 3. The van der Waals surface area contributed by atoms with Gasteiger partial charge < -0.3 is 10.2 Å². The summed E-state index contributed by atoms with van der Waals surface area (Å²) >= 11 is 0. The fourth-order valence-corrected chi connectivity index (χ4v) is 1.29. The molecule has 0 aromatic rings. The molecule has 0 aliphatic carbocycles. The van der Waals surface area contributed by atoms with Gasteiger partial charge in [0.15, 0.2) is 6.10 Å². The van der Waals surface area contributed by atoms with Crippen LogP contribution in [-0.2, 0) is 4.79 Å². The van der Waals surface area contributed by atoms with E-state index in [4.69, 9.17) is 10.2 Å². The van der Waals surface area contributed by atoms with Gasteiger partial charge >= 0.3 is 5.97 Å². The van der Waals surface area contributed by atoms with Crippen molar-refractivity contribution in [3.05, 3.63) is 0 Å². The van der Waals surface area contributed by atoms with E-state index in [-0.39, 0.29) is 5.92 Å². The summed E-state index contributed by atoms with van der Waals surface area (Å²) in [5.74, 6) is -1.24. The smallest absolute Gasteiger partial charge is 0.332 e. The molecule has 0 aliphatic heterocycles. The van der Waals surface area contributed by atoms with Gasteiger partial charge in [-0.25, -0.2) is 4.79 Å². The maximum absolute atomic E-state index is 10.4. The summed E-state index contributed by atoms with van der Waals surface area (Å²) < 4.78 is 0. The number of carboxylic acids is 1. The highest BCUT2D eigenvalue weighted by atomic mass is 16.4. The van der Waals surface area contributed by atoms with Crippen LogP contribution in [0.4, 0.5) is 0 Å². The molecule has 0 fully saturated rings. The molecule has 2 N–H and O–H groups in total. The van der Waals surface area contributed by atoms with Crippen molar-refractivity contribution in [2.75, 3.05) is 0 Å². The minimum Gasteiger partial charge on any atom is -0.479 e. The molecule has 0 saturated heterocycles. The Hall–Kier alpha value is -0.570. The molecule has 0 radical (unpaired) electrons. The second-order valence-electron chi connectivity index (χ2n) is 3.61. The summed E-state index contributed by atoms with van der Waals surface area (Å²) in [5, 5.41) is 17.7. The van der Waals surface area contributed by atoms with Crippen molar-refractivity contribution in [1.29, 1.82) is 0 Å². The zero-order chi connectivity index (χ0) is 10.3. The predicted octanol–water partition coefficient (Wildman–Crippen LogP) is 2.04. The van der Waals surface area contributed by atoms with Crippen molar-refractivity contribution in [1.82, 2.24) is 0 Å². The van der Waals surface area contributed by atoms with Crippen LogP contribution in [0, 0.1) is 5.92 Å². The first-order valence-electron chi connectivity index (χ1n) is 5.00. The molecule has 0 rings (SSSR count). The molecule has 78 valence electrons. The van der Waals surface area contributed by atoms with Gasteiger partial charge in [-0.2, -0.15) is 0 Å². The van der Waals surface area contributed by atoms with Gasteiger partial charge in [0.25, 0.3) is 0 Å². The summed E-state index contributed by atoms with van der Waals surface area (Å²) in [5.41, 5.74) is 0. The molecule has 1 unspecified atom stereocenters. The molecule has 13 heavy (non-hydrogen) atoms. The summed E-state index contributed by atoms with van der Waals surface area (Å²) in [6.45, 7) is 3.92. The number of aliphatic carboxylic acids is 1. The fourth-order valence-electron chi connectivity index (χ4n) is 1.29. The van der Waals surface area contributed by atoms with Crippen LogP contribution in [0.3, 0.4) is 0 Å². The van der Waals surface area contributed by atoms with Crippen molar-refractivity contribution in [3.8, 4) is 0 Å². The van der Waals surface area contributed by atoms with Crippen LogP contribution >= 0.6 is 0 Å². The highest BCUT2D eigenvalue weighted by molar-refractivity contribution is 5.72. The van der Waals surface area contributed by atoms with Crippen LogP contribution < -0.4 is 0 Å². The van der Waals surface area contributed by atoms with Gasteiger partial charge in [0, 0.05) is 0 Å². The van der Waals surface area contributed by atoms with Gasteiger partial charge in [-0.3, -0.25) is 0 Å². The molecule has 0 heterocycles. The summed E-state index contributed by atoms with van der Waals surface area (Å²) in [4.78, 5) is 10.4. The van der Waals surface area contributed by atoms with Gasteiger partial charge in [0.05, 0.1) is 0 Å². The van der Waals surface area contributed by atoms with Crippen molar-refractivity contribution in [3.63, 3.8) is 0 Å². The van der Waals surface area contributed by atoms with Crippen LogP contribution in [0.5, 0.6) is 0 Å². The van der Waals surface area contributed by atoms with Gasteiger partial charge in [-0.15, -0.1) is 0 Å². The Labute approximate surface area is 79.8 Å². The standard InChI is InChI=1S/C10H20O3/c1-3-4-5-6-7-8(2)9(11)10(12)13/h8-9,11H,3-7H2,1-2H3,(H,12,13)/t8?,9-/m1/s1. The third kappa shape index (κ3) is 5.64. The van der Waals surface area contributed by atoms with Gasteiger partial charge in [-0.1, -0.05) is 39.5 Å². The van der Waals surface area contributed by atoms with E-state index < -0.39 is 12.1 Å². The fraction of sp³-hybridized carbons (Fsp3) is 0.900. The molecule has 3 heteroatoms. The lowest BCUT2D eigenvalue weighted by molar-refractivity contribution is -0.149. The van der Waals surface area contributed by atoms with E-state index in [9.17, 15) is 4.79 Å². The number of rotatable bonds is 7. The molecule has 2 atom stereocenters. The Balaban J connectivity index is 3.50. The SMILES string of the molecule is CCCCCCC(C)[C@@H](O)C(=O)O. The second kappa shape index (κ2) is 6.89. The van der Waals surface area contributed by atoms with Crippen molar-refractivity contribution < 1.29 is 15.0 Å². The number of hydrogen-bond donors (Lipinski definition) is 2. The number of hydrogen-bond acceptors (Lipinski definition) is 2. The third-order valence-corrected chi connectivity index (χ3v) is 2.31. The molecule has 0 aromatic heterocycles. The zero-order valence-corrected chi connectivity index (χ0v) is 8.49. The highest BCUT2D eigenvalue weighted by Crippen LogP contribution is 2.14. The van der Waals surface area contributed by atoms with Gasteiger partial charge in [0.2, 0.25) is 0 Å². The Bertz CT molecular complexity index is 145. The van der Waals surface area contributed by atoms with Crippen LogP contribution in [0.2, 0.25) is 0 Å². The van der Waals surface area contributed by atoms with Crippen LogP contribution in [0.1, 0.15) is 46.0 Å². The van der Waals surface area contributed by atoms with E-state index in [0.29, 0.717) is 0 Å². The predicted molar refractivity (Wildman–Crippen MR) is 51.6 cm³/mol. The topological polar surface area (TPSA) is 57.5 Å². The number of carboxylic acid groups (broad SMARTS) is 1. The molecule has 0 saturated carbocycles. The lowest BCUT2D eigenvalue weighted by Crippen LogP contribution is -2.27. The summed E-state index contributed by atoms with van der Waals surface area (Å²) in [6, 6.07) is 0. The molecule has 0 spiro atoms. The van der Waals surface area contributed by atoms with Crippen molar-refractivity contribution in [2.24, 2.45) is 5.92 Å². The molecular formula is C10H20O3. The van der Waals surface area contributed by atoms with E-state index >= 15 is 0 Å². The van der Waals surface area contributed by atoms with E-state index in [1.165, 1.54) is 12.8 Å². The molecule has 0 aromatic carbocycles. The Morgan fingerprint density at radius 3 is 2.38 bits per heavy atom. The quantitative estimate of drug-likeness (QED) is 0.601. The zero-order valence-electron chi connectivity index (χ0n) is 8.49. The van der Waals surface area contributed by atoms with E-state index in [2.05, 4.69) is 6.92 Å². The summed E-state index contributed by atoms with van der Waals surface area (Å²) in [6.07, 6.45) is 4.12. The first kappa shape index (κ1) is 12.4. The lowest BCUT2D eigenvalue weighted by Gasteiger charge is -2.14. The minimum absolute atomic E-state index is 0.130. The molecule has 0 bridgehead atoms. The van der Waals surface area contributed by atoms with E-state index in [0.717, 1.165) is 19.3 Å². The monoisotopic (exact) mass is 188 g/mol. The van der Waals surface area contributed by atoms with Gasteiger partial charge in [-0.05, 0) is 12.3 Å². The number of aliphatic hydroxyl groups excluding tert-OH is 1. The maximum Gasteiger partial charge on any atom is 0.332 e. The van der Waals surface area contributed by atoms with Crippen LogP contribution in [0.15, 0.2) is 0 Å². The second-order valence-corrected chi connectivity index (χ2v) is 3.61. The first-order valence-corrected chi connectivity index (χ1v) is 5.00. The first-order chi connectivity index (χ1) is 6.09. The molecular weight excluding hydrogens is 168 g/mol. The molecule has 0 amide bonds. The Morgan fingerprint density at radius 1 is 1.31 bits per heavy atom. The van der Waals surface area contributed by atoms with Crippen molar-refractivity contribution >= 4 is 5.97 Å². The average Bonchev–Trinajstić information content (AvgIpc) is 2.10. The highest BCUT2D eigenvalue weighted by Gasteiger charge is 2.20. The number of aliphatic hydroxyl groups is 1. The lowest BCUT2D eigenvalue weighted by atomic mass is 9.97. The Morgan fingerprint density at radius 2 is 1.92 bits per heavy atom. The average molecular weight is 188 g/mol. The van der Waals surface area contributed by atoms with Crippen molar-refractivity contribution in [2.45, 2.75) is 52.1 Å². The Kier molecular flexibility index (Phi) is 6.59. The minimum atomic E-state index is -1.19. The van der Waals surface area contributed by atoms with E-state index in [1.807, 2.05) is 0 Å². The number of carbonyl (C=O) groups is 1. The third-order valence-electron chi connectivity index (χ3n) is 2.31. The normalized spacial score (nSPS) is 15.3. The summed E-state index contributed by atoms with van der Waals surface area (Å²) in [7, 11) is 0. The molecule has 3 nitrogen and oxygen atoms in total.